The maximum atomic E-state index is 9.17. The Morgan fingerprint density at radius 1 is 1.59 bits per heavy atom. The van der Waals surface area contributed by atoms with Crippen LogP contribution in [-0.4, -0.2) is 29.3 Å². The van der Waals surface area contributed by atoms with Gasteiger partial charge in [0.15, 0.2) is 0 Å². The third kappa shape index (κ3) is 2.40. The first-order chi connectivity index (χ1) is 8.15. The fraction of sp³-hybridized carbons (Fsp3) is 0.583. The van der Waals surface area contributed by atoms with Crippen molar-refractivity contribution in [1.29, 1.82) is 0 Å². The number of aliphatic hydroxyl groups excluding tert-OH is 1. The molecule has 3 N–H and O–H groups in total. The number of nitrogens with two attached hydrogens (primary N) is 1. The van der Waals surface area contributed by atoms with Crippen LogP contribution in [-0.2, 0) is 0 Å². The van der Waals surface area contributed by atoms with Gasteiger partial charge in [0, 0.05) is 12.6 Å². The fourth-order valence-corrected chi connectivity index (χ4v) is 2.61. The molecule has 0 spiro atoms. The van der Waals surface area contributed by atoms with Crippen molar-refractivity contribution < 1.29 is 5.11 Å². The van der Waals surface area contributed by atoms with E-state index in [1.54, 1.807) is 6.20 Å². The summed E-state index contributed by atoms with van der Waals surface area (Å²) >= 11 is 3.56. The highest BCUT2D eigenvalue weighted by molar-refractivity contribution is 9.10. The molecule has 0 aliphatic heterocycles. The number of aromatic nitrogens is 1. The number of nitrogen functional groups attached to an aromatic ring is 1. The lowest BCUT2D eigenvalue weighted by atomic mass is 9.91. The molecule has 0 unspecified atom stereocenters. The van der Waals surface area contributed by atoms with Crippen LogP contribution in [0.15, 0.2) is 10.7 Å². The van der Waals surface area contributed by atoms with E-state index in [-0.39, 0.29) is 6.61 Å². The van der Waals surface area contributed by atoms with Crippen LogP contribution in [0.3, 0.4) is 0 Å². The maximum absolute atomic E-state index is 9.17. The molecular weight excluding hydrogens is 282 g/mol. The molecule has 0 atom stereocenters. The third-order valence-corrected chi connectivity index (χ3v) is 4.36. The zero-order chi connectivity index (χ0) is 12.4. The molecule has 4 nitrogen and oxygen atoms in total. The molecule has 1 aromatic rings. The van der Waals surface area contributed by atoms with Gasteiger partial charge in [0.05, 0.1) is 23.0 Å². The van der Waals surface area contributed by atoms with E-state index in [1.807, 2.05) is 6.92 Å². The molecule has 5 heteroatoms. The van der Waals surface area contributed by atoms with Gasteiger partial charge in [-0.25, -0.2) is 4.98 Å². The zero-order valence-corrected chi connectivity index (χ0v) is 11.6. The minimum Gasteiger partial charge on any atom is -0.397 e. The van der Waals surface area contributed by atoms with Crippen LogP contribution < -0.4 is 10.6 Å². The smallest absolute Gasteiger partial charge is 0.143 e. The van der Waals surface area contributed by atoms with E-state index in [0.29, 0.717) is 18.3 Å². The summed E-state index contributed by atoms with van der Waals surface area (Å²) in [5.74, 6) is 0.899. The van der Waals surface area contributed by atoms with Crippen molar-refractivity contribution in [3.05, 3.63) is 16.2 Å². The number of anilines is 2. The molecule has 1 saturated carbocycles. The third-order valence-electron chi connectivity index (χ3n) is 3.41. The Hall–Kier alpha value is -0.810. The summed E-state index contributed by atoms with van der Waals surface area (Å²) in [6.45, 7) is 2.75. The number of hydrogen-bond acceptors (Lipinski definition) is 4. The standard InChI is InChI=1S/C12H18BrN3O/c1-8-10(14)7-15-12(11(8)13)16(5-6-17)9-3-2-4-9/h7,9,17H,2-6,14H2,1H3. The summed E-state index contributed by atoms with van der Waals surface area (Å²) in [6, 6.07) is 0.508. The van der Waals surface area contributed by atoms with Crippen molar-refractivity contribution in [2.45, 2.75) is 32.2 Å². The van der Waals surface area contributed by atoms with Crippen molar-refractivity contribution in [3.8, 4) is 0 Å². The van der Waals surface area contributed by atoms with Crippen LogP contribution in [0, 0.1) is 6.92 Å². The van der Waals surface area contributed by atoms with Crippen molar-refractivity contribution in [3.63, 3.8) is 0 Å². The number of halogens is 1. The predicted octanol–water partition coefficient (Wildman–Crippen LogP) is 2.09. The minimum atomic E-state index is 0.147. The quantitative estimate of drug-likeness (QED) is 0.894. The van der Waals surface area contributed by atoms with Crippen LogP contribution in [0.25, 0.3) is 0 Å². The second-order valence-corrected chi connectivity index (χ2v) is 5.27. The van der Waals surface area contributed by atoms with E-state index in [4.69, 9.17) is 5.73 Å². The topological polar surface area (TPSA) is 62.4 Å². The van der Waals surface area contributed by atoms with Crippen LogP contribution >= 0.6 is 15.9 Å². The summed E-state index contributed by atoms with van der Waals surface area (Å²) in [5.41, 5.74) is 7.53. The van der Waals surface area contributed by atoms with Crippen LogP contribution in [0.1, 0.15) is 24.8 Å². The molecule has 1 aromatic heterocycles. The minimum absolute atomic E-state index is 0.147. The average Bonchev–Trinajstić information content (AvgIpc) is 2.23. The largest absolute Gasteiger partial charge is 0.397 e. The Bertz CT molecular complexity index is 407. The number of rotatable bonds is 4. The van der Waals surface area contributed by atoms with Crippen LogP contribution in [0.2, 0.25) is 0 Å². The lowest BCUT2D eigenvalue weighted by Crippen LogP contribution is -2.42. The van der Waals surface area contributed by atoms with Crippen LogP contribution in [0.4, 0.5) is 11.5 Å². The molecule has 1 heterocycles. The molecule has 94 valence electrons. The van der Waals surface area contributed by atoms with Gasteiger partial charge >= 0.3 is 0 Å². The summed E-state index contributed by atoms with van der Waals surface area (Å²) < 4.78 is 0.942. The molecule has 0 radical (unpaired) electrons. The van der Waals surface area contributed by atoms with Crippen molar-refractivity contribution in [1.82, 2.24) is 4.98 Å². The van der Waals surface area contributed by atoms with E-state index < -0.39 is 0 Å². The summed E-state index contributed by atoms with van der Waals surface area (Å²) in [5, 5.41) is 9.17. The molecule has 0 saturated heterocycles. The second-order valence-electron chi connectivity index (χ2n) is 4.48. The van der Waals surface area contributed by atoms with Gasteiger partial charge in [0.1, 0.15) is 5.82 Å². The van der Waals surface area contributed by atoms with Gasteiger partial charge in [-0.3, -0.25) is 0 Å². The lowest BCUT2D eigenvalue weighted by molar-refractivity contribution is 0.283. The Labute approximate surface area is 110 Å². The number of aliphatic hydroxyl groups is 1. The van der Waals surface area contributed by atoms with Crippen molar-refractivity contribution in [2.24, 2.45) is 0 Å². The van der Waals surface area contributed by atoms with Gasteiger partial charge in [0.2, 0.25) is 0 Å². The molecule has 17 heavy (non-hydrogen) atoms. The second kappa shape index (κ2) is 5.23. The first kappa shape index (κ1) is 12.6. The Morgan fingerprint density at radius 2 is 2.29 bits per heavy atom. The molecule has 0 amide bonds. The number of hydrogen-bond donors (Lipinski definition) is 2. The van der Waals surface area contributed by atoms with E-state index in [2.05, 4.69) is 25.8 Å². The Balaban J connectivity index is 2.31. The molecule has 0 aromatic carbocycles. The fourth-order valence-electron chi connectivity index (χ4n) is 2.05. The van der Waals surface area contributed by atoms with Gasteiger partial charge in [-0.1, -0.05) is 0 Å². The summed E-state index contributed by atoms with van der Waals surface area (Å²) in [7, 11) is 0. The number of nitrogens with zero attached hydrogens (tertiary/aromatic N) is 2. The van der Waals surface area contributed by atoms with E-state index >= 15 is 0 Å². The summed E-state index contributed by atoms with van der Waals surface area (Å²) in [6.07, 6.45) is 5.31. The Kier molecular flexibility index (Phi) is 3.89. The van der Waals surface area contributed by atoms with E-state index in [0.717, 1.165) is 15.9 Å². The monoisotopic (exact) mass is 299 g/mol. The van der Waals surface area contributed by atoms with Gasteiger partial charge in [-0.05, 0) is 47.7 Å². The van der Waals surface area contributed by atoms with E-state index in [9.17, 15) is 5.11 Å². The van der Waals surface area contributed by atoms with Gasteiger partial charge in [0.25, 0.3) is 0 Å². The molecule has 1 aliphatic rings. The number of pyridine rings is 1. The molecule has 1 fully saturated rings. The van der Waals surface area contributed by atoms with Crippen molar-refractivity contribution >= 4 is 27.4 Å². The normalized spacial score (nSPS) is 15.7. The highest BCUT2D eigenvalue weighted by atomic mass is 79.9. The zero-order valence-electron chi connectivity index (χ0n) is 9.99. The Morgan fingerprint density at radius 3 is 2.82 bits per heavy atom. The maximum Gasteiger partial charge on any atom is 0.143 e. The lowest BCUT2D eigenvalue weighted by Gasteiger charge is -2.38. The average molecular weight is 300 g/mol. The van der Waals surface area contributed by atoms with E-state index in [1.165, 1.54) is 19.3 Å². The first-order valence-corrected chi connectivity index (χ1v) is 6.72. The predicted molar refractivity (Wildman–Crippen MR) is 73.2 cm³/mol. The molecule has 2 rings (SSSR count). The first-order valence-electron chi connectivity index (χ1n) is 5.93. The highest BCUT2D eigenvalue weighted by Crippen LogP contribution is 2.35. The van der Waals surface area contributed by atoms with Gasteiger partial charge in [-0.15, -0.1) is 0 Å². The molecule has 1 aliphatic carbocycles. The summed E-state index contributed by atoms with van der Waals surface area (Å²) in [4.78, 5) is 6.58. The van der Waals surface area contributed by atoms with Crippen LogP contribution in [0.5, 0.6) is 0 Å². The molecular formula is C12H18BrN3O. The van der Waals surface area contributed by atoms with Gasteiger partial charge < -0.3 is 15.7 Å². The van der Waals surface area contributed by atoms with Gasteiger partial charge in [-0.2, -0.15) is 0 Å². The molecule has 0 bridgehead atoms. The SMILES string of the molecule is Cc1c(N)cnc(N(CCO)C2CCC2)c1Br. The van der Waals surface area contributed by atoms with Crippen molar-refractivity contribution in [2.75, 3.05) is 23.8 Å². The highest BCUT2D eigenvalue weighted by Gasteiger charge is 2.27.